The van der Waals surface area contributed by atoms with Gasteiger partial charge in [0.15, 0.2) is 11.5 Å². The molecule has 1 aromatic heterocycles. The Bertz CT molecular complexity index is 1040. The Morgan fingerprint density at radius 3 is 2.24 bits per heavy atom. The maximum atomic E-state index is 12.1. The third kappa shape index (κ3) is 8.59. The Morgan fingerprint density at radius 1 is 0.882 bits per heavy atom. The van der Waals surface area contributed by atoms with E-state index in [-0.39, 0.29) is 35.9 Å². The number of fused-ring (bicyclic) bond motifs is 1. The van der Waals surface area contributed by atoms with Crippen molar-refractivity contribution in [3.8, 4) is 12.1 Å². The van der Waals surface area contributed by atoms with E-state index in [1.807, 2.05) is 12.1 Å². The molecule has 0 saturated carbocycles. The van der Waals surface area contributed by atoms with Gasteiger partial charge in [-0.05, 0) is 6.42 Å². The number of unbranched alkanes of at least 4 members (excludes halogenated alkanes) is 7. The highest BCUT2D eigenvalue weighted by atomic mass is 16.2. The van der Waals surface area contributed by atoms with E-state index in [0.717, 1.165) is 12.8 Å². The summed E-state index contributed by atoms with van der Waals surface area (Å²) < 4.78 is 0. The molecule has 1 heterocycles. The third-order valence-electron chi connectivity index (χ3n) is 5.41. The largest absolute Gasteiger partial charge is 0.356 e. The van der Waals surface area contributed by atoms with E-state index in [2.05, 4.69) is 33.4 Å². The third-order valence-corrected chi connectivity index (χ3v) is 5.41. The van der Waals surface area contributed by atoms with Crippen LogP contribution >= 0.6 is 0 Å². The van der Waals surface area contributed by atoms with Crippen LogP contribution in [0.1, 0.15) is 76.0 Å². The van der Waals surface area contributed by atoms with Gasteiger partial charge in [-0.2, -0.15) is 10.5 Å². The SMILES string of the molecule is CCCCCCCCCCNC(=O)CCNC(=O)NNc1nc(C#N)c(C#N)c2ccccc12. The van der Waals surface area contributed by atoms with Gasteiger partial charge in [0.1, 0.15) is 12.1 Å². The van der Waals surface area contributed by atoms with Gasteiger partial charge in [-0.15, -0.1) is 0 Å². The Labute approximate surface area is 200 Å². The second-order valence-electron chi connectivity index (χ2n) is 8.03. The lowest BCUT2D eigenvalue weighted by Crippen LogP contribution is -2.41. The molecule has 0 spiro atoms. The molecule has 9 nitrogen and oxygen atoms in total. The number of carbonyl (C=O) groups excluding carboxylic acids is 2. The summed E-state index contributed by atoms with van der Waals surface area (Å²) in [6.45, 7) is 3.05. The fraction of sp³-hybridized carbons (Fsp3) is 0.480. The molecule has 0 aliphatic carbocycles. The summed E-state index contributed by atoms with van der Waals surface area (Å²) in [5.41, 5.74) is 5.30. The molecule has 9 heteroatoms. The van der Waals surface area contributed by atoms with Crippen molar-refractivity contribution >= 4 is 28.5 Å². The van der Waals surface area contributed by atoms with Crippen molar-refractivity contribution in [3.05, 3.63) is 35.5 Å². The number of pyridine rings is 1. The topological polar surface area (TPSA) is 143 Å². The molecule has 180 valence electrons. The lowest BCUT2D eigenvalue weighted by molar-refractivity contribution is -0.120. The van der Waals surface area contributed by atoms with Crippen molar-refractivity contribution in [2.24, 2.45) is 0 Å². The number of aromatic nitrogens is 1. The molecule has 2 rings (SSSR count). The molecule has 0 bridgehead atoms. The fourth-order valence-corrected chi connectivity index (χ4v) is 3.58. The summed E-state index contributed by atoms with van der Waals surface area (Å²) in [6, 6.07) is 10.4. The normalized spacial score (nSPS) is 10.2. The number of nitrogens with zero attached hydrogens (tertiary/aromatic N) is 3. The van der Waals surface area contributed by atoms with Gasteiger partial charge >= 0.3 is 6.03 Å². The Morgan fingerprint density at radius 2 is 1.56 bits per heavy atom. The van der Waals surface area contributed by atoms with Gasteiger partial charge in [-0.3, -0.25) is 15.6 Å². The van der Waals surface area contributed by atoms with Crippen LogP contribution < -0.4 is 21.5 Å². The van der Waals surface area contributed by atoms with Crippen molar-refractivity contribution in [2.75, 3.05) is 18.5 Å². The molecule has 34 heavy (non-hydrogen) atoms. The first-order valence-corrected chi connectivity index (χ1v) is 11.9. The quantitative estimate of drug-likeness (QED) is 0.244. The van der Waals surface area contributed by atoms with Crippen LogP contribution in [0.4, 0.5) is 10.6 Å². The van der Waals surface area contributed by atoms with Crippen molar-refractivity contribution < 1.29 is 9.59 Å². The highest BCUT2D eigenvalue weighted by Gasteiger charge is 2.14. The monoisotopic (exact) mass is 463 g/mol. The highest BCUT2D eigenvalue weighted by molar-refractivity contribution is 5.97. The van der Waals surface area contributed by atoms with Gasteiger partial charge < -0.3 is 10.6 Å². The number of amides is 3. The van der Waals surface area contributed by atoms with Crippen molar-refractivity contribution in [1.29, 1.82) is 10.5 Å². The molecule has 0 atom stereocenters. The summed E-state index contributed by atoms with van der Waals surface area (Å²) in [6.07, 6.45) is 9.89. The predicted molar refractivity (Wildman–Crippen MR) is 132 cm³/mol. The Kier molecular flexibility index (Phi) is 11.7. The van der Waals surface area contributed by atoms with E-state index < -0.39 is 6.03 Å². The smallest absolute Gasteiger partial charge is 0.333 e. The minimum Gasteiger partial charge on any atom is -0.356 e. The molecule has 1 aromatic carbocycles. The number of hydrogen-bond acceptors (Lipinski definition) is 6. The van der Waals surface area contributed by atoms with E-state index in [1.165, 1.54) is 38.5 Å². The van der Waals surface area contributed by atoms with Gasteiger partial charge in [0, 0.05) is 30.3 Å². The van der Waals surface area contributed by atoms with Crippen LogP contribution in [0.3, 0.4) is 0 Å². The molecule has 2 aromatic rings. The number of hydrazine groups is 1. The molecule has 0 saturated heterocycles. The summed E-state index contributed by atoms with van der Waals surface area (Å²) in [4.78, 5) is 28.1. The maximum absolute atomic E-state index is 12.1. The number of rotatable bonds is 14. The average Bonchev–Trinajstić information content (AvgIpc) is 2.85. The van der Waals surface area contributed by atoms with Crippen molar-refractivity contribution in [3.63, 3.8) is 0 Å². The number of carbonyl (C=O) groups is 2. The van der Waals surface area contributed by atoms with Gasteiger partial charge in [0.25, 0.3) is 0 Å². The summed E-state index contributed by atoms with van der Waals surface area (Å²) >= 11 is 0. The molecular formula is C25H33N7O2. The van der Waals surface area contributed by atoms with E-state index >= 15 is 0 Å². The number of nitriles is 2. The number of hydrogen-bond donors (Lipinski definition) is 4. The van der Waals surface area contributed by atoms with Crippen LogP contribution in [-0.4, -0.2) is 30.0 Å². The zero-order valence-electron chi connectivity index (χ0n) is 19.7. The van der Waals surface area contributed by atoms with E-state index in [9.17, 15) is 20.1 Å². The standard InChI is InChI=1S/C25H33N7O2/c1-2-3-4-5-6-7-8-11-15-28-23(33)14-16-29-25(34)32-31-24-20-13-10-9-12-19(20)21(17-26)22(18-27)30-24/h9-10,12-13H,2-8,11,14-16H2,1H3,(H,28,33)(H,30,31)(H2,29,32,34). The van der Waals surface area contributed by atoms with Gasteiger partial charge in [0.05, 0.1) is 5.56 Å². The maximum Gasteiger partial charge on any atom is 0.333 e. The molecular weight excluding hydrogens is 430 g/mol. The van der Waals surface area contributed by atoms with Crippen molar-refractivity contribution in [2.45, 2.75) is 64.7 Å². The Hall–Kier alpha value is -3.85. The first-order chi connectivity index (χ1) is 16.6. The number of anilines is 1. The van der Waals surface area contributed by atoms with E-state index in [0.29, 0.717) is 17.3 Å². The number of benzene rings is 1. The highest BCUT2D eigenvalue weighted by Crippen LogP contribution is 2.26. The molecule has 3 amide bonds. The van der Waals surface area contributed by atoms with Gasteiger partial charge in [-0.1, -0.05) is 76.1 Å². The minimum absolute atomic E-state index is 0.0286. The summed E-state index contributed by atoms with van der Waals surface area (Å²) in [7, 11) is 0. The van der Waals surface area contributed by atoms with Crippen LogP contribution in [0.5, 0.6) is 0 Å². The summed E-state index contributed by atoms with van der Waals surface area (Å²) in [5.74, 6) is 0.152. The Balaban J connectivity index is 1.67. The van der Waals surface area contributed by atoms with Crippen LogP contribution in [-0.2, 0) is 4.79 Å². The molecule has 0 unspecified atom stereocenters. The van der Waals surface area contributed by atoms with Crippen LogP contribution in [0.25, 0.3) is 10.8 Å². The number of nitrogens with one attached hydrogen (secondary N) is 4. The summed E-state index contributed by atoms with van der Waals surface area (Å²) in [5, 5.41) is 25.3. The zero-order chi connectivity index (χ0) is 24.6. The zero-order valence-corrected chi connectivity index (χ0v) is 19.7. The molecule has 0 aliphatic rings. The average molecular weight is 464 g/mol. The van der Waals surface area contributed by atoms with E-state index in [1.54, 1.807) is 24.3 Å². The molecule has 4 N–H and O–H groups in total. The van der Waals surface area contributed by atoms with Gasteiger partial charge in [-0.25, -0.2) is 9.78 Å². The lowest BCUT2D eigenvalue weighted by atomic mass is 10.0. The first kappa shape index (κ1) is 26.4. The van der Waals surface area contributed by atoms with Crippen molar-refractivity contribution in [1.82, 2.24) is 21.0 Å². The fourth-order valence-electron chi connectivity index (χ4n) is 3.58. The van der Waals surface area contributed by atoms with E-state index in [4.69, 9.17) is 0 Å². The van der Waals surface area contributed by atoms with Crippen LogP contribution in [0.2, 0.25) is 0 Å². The second kappa shape index (κ2) is 15.1. The molecule has 0 radical (unpaired) electrons. The molecule has 0 aliphatic heterocycles. The molecule has 0 fully saturated rings. The number of urea groups is 1. The first-order valence-electron chi connectivity index (χ1n) is 11.9. The lowest BCUT2D eigenvalue weighted by Gasteiger charge is -2.12. The van der Waals surface area contributed by atoms with Crippen LogP contribution in [0, 0.1) is 22.7 Å². The second-order valence-corrected chi connectivity index (χ2v) is 8.03. The van der Waals surface area contributed by atoms with Crippen LogP contribution in [0.15, 0.2) is 24.3 Å². The van der Waals surface area contributed by atoms with Gasteiger partial charge in [0.2, 0.25) is 5.91 Å². The minimum atomic E-state index is -0.537. The predicted octanol–water partition coefficient (Wildman–Crippen LogP) is 4.25.